The summed E-state index contributed by atoms with van der Waals surface area (Å²) in [6, 6.07) is 0. The summed E-state index contributed by atoms with van der Waals surface area (Å²) in [6.07, 6.45) is 13.8. The minimum absolute atomic E-state index is 0.864. The van der Waals surface area contributed by atoms with Crippen LogP contribution in [0.1, 0.15) is 79.1 Å². The van der Waals surface area contributed by atoms with Crippen LogP contribution in [0.4, 0.5) is 0 Å². The SMILES string of the molecule is CCCCB(CCCC)N(CCCC)CCCC. The van der Waals surface area contributed by atoms with Crippen molar-refractivity contribution in [3.8, 4) is 0 Å². The van der Waals surface area contributed by atoms with E-state index in [0.717, 1.165) is 6.85 Å². The molecular weight excluding hydrogens is 217 g/mol. The van der Waals surface area contributed by atoms with Crippen LogP contribution in [0.5, 0.6) is 0 Å². The second-order valence-corrected chi connectivity index (χ2v) is 5.68. The van der Waals surface area contributed by atoms with Gasteiger partial charge in [0.05, 0.1) is 0 Å². The van der Waals surface area contributed by atoms with E-state index >= 15 is 0 Å². The molecule has 108 valence electrons. The van der Waals surface area contributed by atoms with E-state index in [2.05, 4.69) is 32.5 Å². The molecule has 18 heavy (non-hydrogen) atoms. The number of nitrogens with zero attached hydrogens (tertiary/aromatic N) is 1. The van der Waals surface area contributed by atoms with Gasteiger partial charge in [-0.05, 0) is 25.9 Å². The molecule has 2 heteroatoms. The van der Waals surface area contributed by atoms with E-state index in [-0.39, 0.29) is 0 Å². The summed E-state index contributed by atoms with van der Waals surface area (Å²) < 4.78 is 0. The van der Waals surface area contributed by atoms with E-state index in [9.17, 15) is 0 Å². The van der Waals surface area contributed by atoms with E-state index < -0.39 is 0 Å². The highest BCUT2D eigenvalue weighted by molar-refractivity contribution is 6.55. The van der Waals surface area contributed by atoms with Gasteiger partial charge >= 0.3 is 0 Å². The molecule has 0 unspecified atom stereocenters. The van der Waals surface area contributed by atoms with Crippen molar-refractivity contribution in [3.63, 3.8) is 0 Å². The van der Waals surface area contributed by atoms with Crippen LogP contribution in [-0.2, 0) is 0 Å². The van der Waals surface area contributed by atoms with Crippen molar-refractivity contribution in [2.45, 2.75) is 91.7 Å². The molecule has 0 aromatic heterocycles. The highest BCUT2D eigenvalue weighted by Gasteiger charge is 2.20. The quantitative estimate of drug-likeness (QED) is 0.393. The van der Waals surface area contributed by atoms with Crippen LogP contribution in [0.3, 0.4) is 0 Å². The van der Waals surface area contributed by atoms with E-state index in [1.54, 1.807) is 0 Å². The maximum absolute atomic E-state index is 2.80. The second-order valence-electron chi connectivity index (χ2n) is 5.68. The standard InChI is InChI=1S/C16H36BN/c1-5-9-13-17(14-10-6-2)18(15-11-7-3)16-12-8-4/h5-16H2,1-4H3. The third-order valence-corrected chi connectivity index (χ3v) is 3.90. The van der Waals surface area contributed by atoms with Crippen molar-refractivity contribution in [3.05, 3.63) is 0 Å². The van der Waals surface area contributed by atoms with Gasteiger partial charge in [0.25, 0.3) is 0 Å². The molecule has 1 nitrogen and oxygen atoms in total. The van der Waals surface area contributed by atoms with Crippen molar-refractivity contribution in [2.75, 3.05) is 13.1 Å². The molecule has 0 saturated heterocycles. The van der Waals surface area contributed by atoms with E-state index in [1.807, 2.05) is 0 Å². The van der Waals surface area contributed by atoms with Crippen molar-refractivity contribution in [2.24, 2.45) is 0 Å². The molecule has 0 aliphatic carbocycles. The van der Waals surface area contributed by atoms with Gasteiger partial charge in [-0.25, -0.2) is 0 Å². The number of unbranched alkanes of at least 4 members (excludes halogenated alkanes) is 4. The van der Waals surface area contributed by atoms with Crippen LogP contribution in [-0.4, -0.2) is 24.7 Å². The Labute approximate surface area is 117 Å². The summed E-state index contributed by atoms with van der Waals surface area (Å²) in [5.74, 6) is 0. The summed E-state index contributed by atoms with van der Waals surface area (Å²) in [4.78, 5) is 2.80. The first-order chi connectivity index (χ1) is 8.79. The summed E-state index contributed by atoms with van der Waals surface area (Å²) in [7, 11) is 0. The molecule has 0 aromatic rings. The first-order valence-corrected chi connectivity index (χ1v) is 8.54. The Kier molecular flexibility index (Phi) is 13.5. The predicted octanol–water partition coefficient (Wildman–Crippen LogP) is 5.48. The molecule has 0 radical (unpaired) electrons. The maximum atomic E-state index is 2.80. The van der Waals surface area contributed by atoms with Gasteiger partial charge in [0.15, 0.2) is 0 Å². The Morgan fingerprint density at radius 2 is 1.00 bits per heavy atom. The summed E-state index contributed by atoms with van der Waals surface area (Å²) in [5, 5.41) is 0. The largest absolute Gasteiger partial charge is 0.342 e. The molecule has 0 heterocycles. The smallest absolute Gasteiger partial charge is 0.223 e. The van der Waals surface area contributed by atoms with Crippen LogP contribution in [0, 0.1) is 0 Å². The predicted molar refractivity (Wildman–Crippen MR) is 86.6 cm³/mol. The van der Waals surface area contributed by atoms with Crippen molar-refractivity contribution in [1.29, 1.82) is 0 Å². The summed E-state index contributed by atoms with van der Waals surface area (Å²) in [6.45, 7) is 12.8. The zero-order valence-corrected chi connectivity index (χ0v) is 13.5. The Hall–Kier alpha value is 0.0249. The highest BCUT2D eigenvalue weighted by atomic mass is 15.0. The Morgan fingerprint density at radius 3 is 1.33 bits per heavy atom. The van der Waals surface area contributed by atoms with Gasteiger partial charge in [-0.3, -0.25) is 0 Å². The summed E-state index contributed by atoms with van der Waals surface area (Å²) >= 11 is 0. The van der Waals surface area contributed by atoms with E-state index in [4.69, 9.17) is 0 Å². The van der Waals surface area contributed by atoms with Gasteiger partial charge in [0.2, 0.25) is 6.85 Å². The lowest BCUT2D eigenvalue weighted by atomic mass is 9.52. The van der Waals surface area contributed by atoms with Gasteiger partial charge in [-0.15, -0.1) is 0 Å². The molecule has 0 aliphatic rings. The molecule has 0 fully saturated rings. The minimum atomic E-state index is 0.864. The average Bonchev–Trinajstić information content (AvgIpc) is 2.40. The molecule has 0 spiro atoms. The lowest BCUT2D eigenvalue weighted by Crippen LogP contribution is -2.40. The molecule has 0 aliphatic heterocycles. The van der Waals surface area contributed by atoms with E-state index in [0.29, 0.717) is 0 Å². The minimum Gasteiger partial charge on any atom is -0.342 e. The molecule has 0 atom stereocenters. The fourth-order valence-corrected chi connectivity index (χ4v) is 2.59. The van der Waals surface area contributed by atoms with Crippen molar-refractivity contribution < 1.29 is 0 Å². The van der Waals surface area contributed by atoms with Gasteiger partial charge in [-0.1, -0.05) is 78.9 Å². The zero-order chi connectivity index (χ0) is 13.6. The third kappa shape index (κ3) is 9.02. The lowest BCUT2D eigenvalue weighted by Gasteiger charge is -2.29. The fourth-order valence-electron chi connectivity index (χ4n) is 2.59. The van der Waals surface area contributed by atoms with E-state index in [1.165, 1.54) is 77.1 Å². The number of hydrogen-bond donors (Lipinski definition) is 0. The first-order valence-electron chi connectivity index (χ1n) is 8.54. The van der Waals surface area contributed by atoms with Gasteiger partial charge in [0, 0.05) is 0 Å². The Balaban J connectivity index is 4.27. The van der Waals surface area contributed by atoms with Crippen LogP contribution in [0.2, 0.25) is 12.6 Å². The first kappa shape index (κ1) is 18.0. The molecule has 0 aromatic carbocycles. The Morgan fingerprint density at radius 1 is 0.611 bits per heavy atom. The van der Waals surface area contributed by atoms with Crippen molar-refractivity contribution in [1.82, 2.24) is 4.81 Å². The lowest BCUT2D eigenvalue weighted by molar-refractivity contribution is 0.404. The monoisotopic (exact) mass is 253 g/mol. The third-order valence-electron chi connectivity index (χ3n) is 3.90. The molecule has 0 N–H and O–H groups in total. The van der Waals surface area contributed by atoms with Crippen LogP contribution < -0.4 is 0 Å². The van der Waals surface area contributed by atoms with Crippen LogP contribution >= 0.6 is 0 Å². The number of rotatable bonds is 13. The molecular formula is C16H36BN. The van der Waals surface area contributed by atoms with Gasteiger partial charge in [-0.2, -0.15) is 0 Å². The van der Waals surface area contributed by atoms with Gasteiger partial charge in [0.1, 0.15) is 0 Å². The van der Waals surface area contributed by atoms with Gasteiger partial charge < -0.3 is 4.81 Å². The molecule has 0 amide bonds. The summed E-state index contributed by atoms with van der Waals surface area (Å²) in [5.41, 5.74) is 0. The molecule has 0 saturated carbocycles. The number of hydrogen-bond acceptors (Lipinski definition) is 1. The zero-order valence-electron chi connectivity index (χ0n) is 13.5. The normalized spacial score (nSPS) is 11.2. The molecule has 0 bridgehead atoms. The van der Waals surface area contributed by atoms with Crippen molar-refractivity contribution >= 4 is 6.85 Å². The average molecular weight is 253 g/mol. The van der Waals surface area contributed by atoms with Crippen LogP contribution in [0.25, 0.3) is 0 Å². The fraction of sp³-hybridized carbons (Fsp3) is 1.00. The highest BCUT2D eigenvalue weighted by Crippen LogP contribution is 2.15. The topological polar surface area (TPSA) is 3.24 Å². The second kappa shape index (κ2) is 13.5. The Bertz CT molecular complexity index is 127. The molecule has 0 rings (SSSR count). The maximum Gasteiger partial charge on any atom is 0.223 e. The van der Waals surface area contributed by atoms with Crippen LogP contribution in [0.15, 0.2) is 0 Å².